The van der Waals surface area contributed by atoms with E-state index in [1.54, 1.807) is 18.7 Å². The lowest BCUT2D eigenvalue weighted by Gasteiger charge is -2.34. The number of carbonyl (C=O) groups is 1. The Balaban J connectivity index is 2.91. The molecule has 0 radical (unpaired) electrons. The summed E-state index contributed by atoms with van der Waals surface area (Å²) in [6.07, 6.45) is 10.5. The highest BCUT2D eigenvalue weighted by Gasteiger charge is 2.36. The molecule has 4 nitrogen and oxygen atoms in total. The summed E-state index contributed by atoms with van der Waals surface area (Å²) in [6, 6.07) is 0.0945. The summed E-state index contributed by atoms with van der Waals surface area (Å²) in [7, 11) is -3.44. The Hall–Kier alpha value is -1.02. The second-order valence-corrected chi connectivity index (χ2v) is 8.57. The normalized spacial score (nSPS) is 18.6. The number of nitrogens with zero attached hydrogens (tertiary/aromatic N) is 1. The van der Waals surface area contributed by atoms with Crippen molar-refractivity contribution >= 4 is 15.7 Å². The van der Waals surface area contributed by atoms with Crippen LogP contribution in [0.25, 0.3) is 0 Å². The molecule has 0 heterocycles. The summed E-state index contributed by atoms with van der Waals surface area (Å²) < 4.78 is 24.3. The molecule has 1 aliphatic rings. The maximum absolute atomic E-state index is 12.5. The zero-order valence-corrected chi connectivity index (χ0v) is 13.4. The average Bonchev–Trinajstić information content (AvgIpc) is 2.44. The number of carbonyl (C=O) groups excluding carboxylic acids is 1. The van der Waals surface area contributed by atoms with Gasteiger partial charge in [0.2, 0.25) is 5.91 Å². The molecule has 1 saturated carbocycles. The highest BCUT2D eigenvalue weighted by molar-refractivity contribution is 7.93. The Morgan fingerprint density at radius 1 is 1.25 bits per heavy atom. The van der Waals surface area contributed by atoms with Crippen molar-refractivity contribution in [2.24, 2.45) is 0 Å². The molecule has 0 aromatic carbocycles. The van der Waals surface area contributed by atoms with Crippen molar-refractivity contribution in [1.82, 2.24) is 4.90 Å². The zero-order valence-electron chi connectivity index (χ0n) is 12.6. The van der Waals surface area contributed by atoms with Crippen molar-refractivity contribution < 1.29 is 13.2 Å². The lowest BCUT2D eigenvalue weighted by molar-refractivity contribution is -0.132. The molecule has 0 saturated heterocycles. The van der Waals surface area contributed by atoms with Crippen LogP contribution in [0.2, 0.25) is 0 Å². The first-order valence-electron chi connectivity index (χ1n) is 7.29. The predicted octanol–water partition coefficient (Wildman–Crippen LogP) is 1.99. The van der Waals surface area contributed by atoms with Crippen LogP contribution in [0.1, 0.15) is 52.9 Å². The van der Waals surface area contributed by atoms with Gasteiger partial charge in [0.25, 0.3) is 0 Å². The minimum Gasteiger partial charge on any atom is -0.327 e. The SMILES string of the molecule is C#CCN(C(=O)[C@@H](C)S(=O)(=O)C(C)C)C1CCCCC1. The highest BCUT2D eigenvalue weighted by atomic mass is 32.2. The van der Waals surface area contributed by atoms with Gasteiger partial charge in [-0.3, -0.25) is 4.79 Å². The molecular formula is C15H25NO3S. The van der Waals surface area contributed by atoms with Gasteiger partial charge < -0.3 is 4.90 Å². The van der Waals surface area contributed by atoms with Gasteiger partial charge in [-0.1, -0.05) is 25.2 Å². The van der Waals surface area contributed by atoms with E-state index in [1.807, 2.05) is 0 Å². The van der Waals surface area contributed by atoms with Crippen LogP contribution in [0.4, 0.5) is 0 Å². The molecule has 1 aliphatic carbocycles. The summed E-state index contributed by atoms with van der Waals surface area (Å²) in [6.45, 7) is 4.88. The number of hydrogen-bond acceptors (Lipinski definition) is 3. The largest absolute Gasteiger partial charge is 0.327 e. The molecule has 1 atom stereocenters. The van der Waals surface area contributed by atoms with E-state index in [-0.39, 0.29) is 18.5 Å². The van der Waals surface area contributed by atoms with E-state index in [0.717, 1.165) is 25.7 Å². The number of sulfone groups is 1. The third-order valence-electron chi connectivity index (χ3n) is 4.06. The van der Waals surface area contributed by atoms with Crippen molar-refractivity contribution in [2.75, 3.05) is 6.54 Å². The van der Waals surface area contributed by atoms with Crippen molar-refractivity contribution in [1.29, 1.82) is 0 Å². The fourth-order valence-electron chi connectivity index (χ4n) is 2.66. The predicted molar refractivity (Wildman–Crippen MR) is 80.9 cm³/mol. The van der Waals surface area contributed by atoms with E-state index < -0.39 is 20.3 Å². The smallest absolute Gasteiger partial charge is 0.241 e. The first-order valence-corrected chi connectivity index (χ1v) is 8.90. The van der Waals surface area contributed by atoms with Gasteiger partial charge in [-0.05, 0) is 33.6 Å². The second-order valence-electron chi connectivity index (χ2n) is 5.74. The quantitative estimate of drug-likeness (QED) is 0.730. The number of rotatable bonds is 5. The van der Waals surface area contributed by atoms with Gasteiger partial charge in [0.1, 0.15) is 5.25 Å². The van der Waals surface area contributed by atoms with E-state index in [9.17, 15) is 13.2 Å². The van der Waals surface area contributed by atoms with Crippen LogP contribution in [0.3, 0.4) is 0 Å². The summed E-state index contributed by atoms with van der Waals surface area (Å²) in [5.41, 5.74) is 0. The van der Waals surface area contributed by atoms with Crippen LogP contribution in [-0.4, -0.2) is 42.3 Å². The first kappa shape index (κ1) is 17.0. The van der Waals surface area contributed by atoms with E-state index in [2.05, 4.69) is 5.92 Å². The maximum atomic E-state index is 12.5. The molecule has 114 valence electrons. The lowest BCUT2D eigenvalue weighted by atomic mass is 9.94. The molecule has 1 fully saturated rings. The van der Waals surface area contributed by atoms with Gasteiger partial charge in [0.15, 0.2) is 9.84 Å². The van der Waals surface area contributed by atoms with Gasteiger partial charge in [-0.2, -0.15) is 0 Å². The Morgan fingerprint density at radius 2 is 1.80 bits per heavy atom. The summed E-state index contributed by atoms with van der Waals surface area (Å²) in [5, 5.41) is -1.57. The average molecular weight is 299 g/mol. The molecule has 0 unspecified atom stereocenters. The Morgan fingerprint density at radius 3 is 2.25 bits per heavy atom. The summed E-state index contributed by atoms with van der Waals surface area (Å²) in [5.74, 6) is 2.15. The zero-order chi connectivity index (χ0) is 15.3. The van der Waals surface area contributed by atoms with E-state index in [0.29, 0.717) is 0 Å². The molecule has 20 heavy (non-hydrogen) atoms. The fourth-order valence-corrected chi connectivity index (χ4v) is 3.89. The third kappa shape index (κ3) is 3.76. The summed E-state index contributed by atoms with van der Waals surface area (Å²) in [4.78, 5) is 14.1. The van der Waals surface area contributed by atoms with Crippen molar-refractivity contribution in [3.63, 3.8) is 0 Å². The van der Waals surface area contributed by atoms with Crippen LogP contribution < -0.4 is 0 Å². The van der Waals surface area contributed by atoms with Crippen molar-refractivity contribution in [3.05, 3.63) is 0 Å². The molecule has 0 aromatic rings. The fraction of sp³-hybridized carbons (Fsp3) is 0.800. The minimum atomic E-state index is -3.44. The molecular weight excluding hydrogens is 274 g/mol. The highest BCUT2D eigenvalue weighted by Crippen LogP contribution is 2.24. The first-order chi connectivity index (χ1) is 9.32. The monoisotopic (exact) mass is 299 g/mol. The van der Waals surface area contributed by atoms with Gasteiger partial charge >= 0.3 is 0 Å². The van der Waals surface area contributed by atoms with Gasteiger partial charge in [-0.15, -0.1) is 6.42 Å². The maximum Gasteiger partial charge on any atom is 0.241 e. The van der Waals surface area contributed by atoms with Crippen molar-refractivity contribution in [3.8, 4) is 12.3 Å². The molecule has 0 bridgehead atoms. The van der Waals surface area contributed by atoms with Crippen LogP contribution in [0, 0.1) is 12.3 Å². The molecule has 0 N–H and O–H groups in total. The summed E-state index contributed by atoms with van der Waals surface area (Å²) >= 11 is 0. The van der Waals surface area contributed by atoms with Crippen molar-refractivity contribution in [2.45, 2.75) is 69.4 Å². The van der Waals surface area contributed by atoms with Gasteiger partial charge in [0.05, 0.1) is 11.8 Å². The molecule has 0 aliphatic heterocycles. The molecule has 0 aromatic heterocycles. The lowest BCUT2D eigenvalue weighted by Crippen LogP contribution is -2.49. The molecule has 0 spiro atoms. The Labute approximate surface area is 122 Å². The third-order valence-corrected chi connectivity index (χ3v) is 6.56. The van der Waals surface area contributed by atoms with E-state index >= 15 is 0 Å². The van der Waals surface area contributed by atoms with Crippen LogP contribution in [0.5, 0.6) is 0 Å². The van der Waals surface area contributed by atoms with Crippen LogP contribution in [0.15, 0.2) is 0 Å². The molecule has 1 rings (SSSR count). The van der Waals surface area contributed by atoms with Crippen LogP contribution in [-0.2, 0) is 14.6 Å². The number of terminal acetylenes is 1. The standard InChI is InChI=1S/C15H25NO3S/c1-5-11-16(14-9-7-6-8-10-14)15(17)13(4)20(18,19)12(2)3/h1,12-14H,6-11H2,2-4H3/t13-/m1/s1. The number of hydrogen-bond donors (Lipinski definition) is 0. The Bertz CT molecular complexity index is 470. The minimum absolute atomic E-state index is 0.0945. The van der Waals surface area contributed by atoms with Gasteiger partial charge in [-0.25, -0.2) is 8.42 Å². The molecule has 1 amide bonds. The van der Waals surface area contributed by atoms with Crippen LogP contribution >= 0.6 is 0 Å². The molecule has 5 heteroatoms. The Kier molecular flexibility index (Phi) is 6.07. The van der Waals surface area contributed by atoms with E-state index in [1.165, 1.54) is 13.3 Å². The topological polar surface area (TPSA) is 54.5 Å². The number of amides is 1. The van der Waals surface area contributed by atoms with Gasteiger partial charge in [0, 0.05) is 6.04 Å². The second kappa shape index (κ2) is 7.12. The van der Waals surface area contributed by atoms with E-state index in [4.69, 9.17) is 6.42 Å².